The van der Waals surface area contributed by atoms with E-state index in [9.17, 15) is 13.2 Å². The maximum absolute atomic E-state index is 12.6. The van der Waals surface area contributed by atoms with Gasteiger partial charge in [0.15, 0.2) is 0 Å². The number of nitrogens with zero attached hydrogens (tertiary/aromatic N) is 1. The summed E-state index contributed by atoms with van der Waals surface area (Å²) in [6, 6.07) is 8.98. The van der Waals surface area contributed by atoms with Crippen LogP contribution in [0.5, 0.6) is 0 Å². The molecule has 0 aromatic heterocycles. The summed E-state index contributed by atoms with van der Waals surface area (Å²) in [4.78, 5) is 11.9. The Morgan fingerprint density at radius 3 is 2.27 bits per heavy atom. The van der Waals surface area contributed by atoms with Crippen LogP contribution in [0.15, 0.2) is 41.3 Å². The molecule has 2 aromatic carbocycles. The van der Waals surface area contributed by atoms with Crippen molar-refractivity contribution in [1.29, 1.82) is 0 Å². The number of carbonyl (C=O) groups is 1. The van der Waals surface area contributed by atoms with Crippen molar-refractivity contribution in [2.45, 2.75) is 11.4 Å². The number of sulfonamides is 1. The van der Waals surface area contributed by atoms with Crippen LogP contribution < -0.4 is 5.32 Å². The van der Waals surface area contributed by atoms with Gasteiger partial charge in [-0.25, -0.2) is 8.42 Å². The van der Waals surface area contributed by atoms with Crippen molar-refractivity contribution < 1.29 is 13.2 Å². The minimum absolute atomic E-state index is 0.0228. The summed E-state index contributed by atoms with van der Waals surface area (Å²) in [5.41, 5.74) is 0.660. The van der Waals surface area contributed by atoms with Crippen LogP contribution in [-0.4, -0.2) is 32.2 Å². The molecular weight excluding hydrogens is 442 g/mol. The molecule has 0 heterocycles. The Hall–Kier alpha value is -1.02. The molecule has 0 fully saturated rings. The van der Waals surface area contributed by atoms with Crippen LogP contribution in [0.25, 0.3) is 0 Å². The van der Waals surface area contributed by atoms with Crippen molar-refractivity contribution in [3.8, 4) is 0 Å². The third-order valence-electron chi connectivity index (χ3n) is 3.44. The zero-order valence-electron chi connectivity index (χ0n) is 13.5. The quantitative estimate of drug-likeness (QED) is 0.708. The van der Waals surface area contributed by atoms with E-state index in [1.807, 2.05) is 0 Å². The van der Waals surface area contributed by atoms with Crippen LogP contribution in [0.3, 0.4) is 0 Å². The Balaban J connectivity index is 2.05. The first-order chi connectivity index (χ1) is 12.1. The second-order valence-corrected chi connectivity index (χ2v) is 9.05. The van der Waals surface area contributed by atoms with Gasteiger partial charge in [0.2, 0.25) is 15.9 Å². The maximum atomic E-state index is 12.6. The molecule has 1 N–H and O–H groups in total. The van der Waals surface area contributed by atoms with Gasteiger partial charge in [0.25, 0.3) is 0 Å². The molecule has 0 bridgehead atoms. The minimum atomic E-state index is -3.97. The van der Waals surface area contributed by atoms with Gasteiger partial charge < -0.3 is 5.32 Å². The smallest absolute Gasteiger partial charge is 0.244 e. The molecule has 0 aliphatic carbocycles. The van der Waals surface area contributed by atoms with Gasteiger partial charge in [-0.1, -0.05) is 52.5 Å². The Kier molecular flexibility index (Phi) is 7.19. The van der Waals surface area contributed by atoms with Gasteiger partial charge in [0.1, 0.15) is 4.90 Å². The lowest BCUT2D eigenvalue weighted by molar-refractivity contribution is -0.121. The van der Waals surface area contributed by atoms with Crippen molar-refractivity contribution in [2.75, 3.05) is 13.6 Å². The predicted molar refractivity (Wildman–Crippen MR) is 105 cm³/mol. The van der Waals surface area contributed by atoms with E-state index in [0.717, 1.165) is 4.31 Å². The van der Waals surface area contributed by atoms with E-state index < -0.39 is 22.5 Å². The normalized spacial score (nSPS) is 11.6. The van der Waals surface area contributed by atoms with Crippen LogP contribution in [0, 0.1) is 0 Å². The van der Waals surface area contributed by atoms with Crippen LogP contribution in [0.4, 0.5) is 0 Å². The fourth-order valence-corrected chi connectivity index (χ4v) is 4.38. The molecule has 0 aliphatic heterocycles. The number of nitrogens with one attached hydrogen (secondary N) is 1. The highest BCUT2D eigenvalue weighted by Gasteiger charge is 2.25. The SMILES string of the molecule is CN(CC(=O)NCc1ccc(Cl)cc1Cl)S(=O)(=O)c1cc(Cl)ccc1Cl. The number of likely N-dealkylation sites (N-methyl/N-ethyl adjacent to an activating group) is 1. The van der Waals surface area contributed by atoms with E-state index in [0.29, 0.717) is 15.6 Å². The lowest BCUT2D eigenvalue weighted by Crippen LogP contribution is -2.38. The third-order valence-corrected chi connectivity index (χ3v) is 6.55. The number of halogens is 4. The first kappa shape index (κ1) is 21.3. The van der Waals surface area contributed by atoms with E-state index in [4.69, 9.17) is 46.4 Å². The molecule has 0 atom stereocenters. The third kappa shape index (κ3) is 5.25. The average molecular weight is 456 g/mol. The second kappa shape index (κ2) is 8.78. The van der Waals surface area contributed by atoms with Crippen LogP contribution >= 0.6 is 46.4 Å². The van der Waals surface area contributed by atoms with Crippen molar-refractivity contribution in [2.24, 2.45) is 0 Å². The zero-order valence-corrected chi connectivity index (χ0v) is 17.3. The van der Waals surface area contributed by atoms with Crippen LogP contribution in [0.2, 0.25) is 20.1 Å². The summed E-state index contributed by atoms with van der Waals surface area (Å²) in [6.45, 7) is -0.253. The number of rotatable bonds is 6. The predicted octanol–water partition coefficient (Wildman–Crippen LogP) is 4.24. The first-order valence-corrected chi connectivity index (χ1v) is 10.2. The van der Waals surface area contributed by atoms with Gasteiger partial charge in [-0.15, -0.1) is 0 Å². The lowest BCUT2D eigenvalue weighted by Gasteiger charge is -2.18. The number of amides is 1. The fraction of sp³-hybridized carbons (Fsp3) is 0.188. The van der Waals surface area contributed by atoms with E-state index in [-0.39, 0.29) is 21.5 Å². The zero-order chi connectivity index (χ0) is 19.5. The topological polar surface area (TPSA) is 66.5 Å². The van der Waals surface area contributed by atoms with Crippen LogP contribution in [0.1, 0.15) is 5.56 Å². The molecule has 1 amide bonds. The van der Waals surface area contributed by atoms with Gasteiger partial charge in [-0.2, -0.15) is 4.31 Å². The Bertz CT molecular complexity index is 935. The average Bonchev–Trinajstić information content (AvgIpc) is 2.56. The largest absolute Gasteiger partial charge is 0.351 e. The van der Waals surface area contributed by atoms with E-state index in [1.54, 1.807) is 18.2 Å². The maximum Gasteiger partial charge on any atom is 0.244 e. The highest BCUT2D eigenvalue weighted by atomic mass is 35.5. The molecule has 0 saturated heterocycles. The van der Waals surface area contributed by atoms with Crippen molar-refractivity contribution in [3.63, 3.8) is 0 Å². The highest BCUT2D eigenvalue weighted by molar-refractivity contribution is 7.89. The van der Waals surface area contributed by atoms with Gasteiger partial charge in [0.05, 0.1) is 11.6 Å². The van der Waals surface area contributed by atoms with Gasteiger partial charge in [-0.05, 0) is 35.9 Å². The Labute approximate surface area is 171 Å². The van der Waals surface area contributed by atoms with Gasteiger partial charge in [-0.3, -0.25) is 4.79 Å². The second-order valence-electron chi connectivity index (χ2n) is 5.35. The number of hydrogen-bond acceptors (Lipinski definition) is 3. The summed E-state index contributed by atoms with van der Waals surface area (Å²) in [5, 5.41) is 3.74. The molecule has 140 valence electrons. The van der Waals surface area contributed by atoms with E-state index in [2.05, 4.69) is 5.32 Å². The van der Waals surface area contributed by atoms with Gasteiger partial charge >= 0.3 is 0 Å². The molecule has 2 rings (SSSR count). The molecule has 0 aliphatic rings. The molecule has 0 radical (unpaired) electrons. The number of carbonyl (C=O) groups excluding carboxylic acids is 1. The summed E-state index contributed by atoms with van der Waals surface area (Å²) < 4.78 is 26.0. The molecule has 0 saturated carbocycles. The summed E-state index contributed by atoms with van der Waals surface area (Å²) >= 11 is 23.6. The van der Waals surface area contributed by atoms with Crippen molar-refractivity contribution in [3.05, 3.63) is 62.1 Å². The highest BCUT2D eigenvalue weighted by Crippen LogP contribution is 2.27. The first-order valence-electron chi connectivity index (χ1n) is 7.23. The molecule has 5 nitrogen and oxygen atoms in total. The number of hydrogen-bond donors (Lipinski definition) is 1. The lowest BCUT2D eigenvalue weighted by atomic mass is 10.2. The monoisotopic (exact) mass is 454 g/mol. The van der Waals surface area contributed by atoms with E-state index >= 15 is 0 Å². The van der Waals surface area contributed by atoms with Gasteiger partial charge in [0, 0.05) is 28.7 Å². The summed E-state index contributed by atoms with van der Waals surface area (Å²) in [5.74, 6) is -0.500. The molecule has 2 aromatic rings. The van der Waals surface area contributed by atoms with Crippen LogP contribution in [-0.2, 0) is 21.4 Å². The minimum Gasteiger partial charge on any atom is -0.351 e. The summed E-state index contributed by atoms with van der Waals surface area (Å²) in [7, 11) is -2.69. The summed E-state index contributed by atoms with van der Waals surface area (Å²) in [6.07, 6.45) is 0. The Morgan fingerprint density at radius 2 is 1.62 bits per heavy atom. The molecular formula is C16H14Cl4N2O3S. The molecule has 26 heavy (non-hydrogen) atoms. The fourth-order valence-electron chi connectivity index (χ4n) is 2.04. The van der Waals surface area contributed by atoms with Crippen molar-refractivity contribution in [1.82, 2.24) is 9.62 Å². The van der Waals surface area contributed by atoms with Crippen molar-refractivity contribution >= 4 is 62.3 Å². The van der Waals surface area contributed by atoms with E-state index in [1.165, 1.54) is 25.2 Å². The Morgan fingerprint density at radius 1 is 1.00 bits per heavy atom. The molecule has 0 spiro atoms. The molecule has 10 heteroatoms. The standard InChI is InChI=1S/C16H14Cl4N2O3S/c1-22(26(24,25)15-7-12(18)4-5-13(15)19)9-16(23)21-8-10-2-3-11(17)6-14(10)20/h2-7H,8-9H2,1H3,(H,21,23). The number of benzene rings is 2. The molecule has 0 unspecified atom stereocenters.